The van der Waals surface area contributed by atoms with Gasteiger partial charge in [0.25, 0.3) is 0 Å². The van der Waals surface area contributed by atoms with Gasteiger partial charge in [0, 0.05) is 17.7 Å². The van der Waals surface area contributed by atoms with E-state index in [0.29, 0.717) is 6.54 Å². The van der Waals surface area contributed by atoms with E-state index in [-0.39, 0.29) is 18.6 Å². The lowest BCUT2D eigenvalue weighted by Crippen LogP contribution is -2.24. The number of ether oxygens (including phenoxy) is 1. The maximum absolute atomic E-state index is 11.7. The molecule has 0 saturated heterocycles. The summed E-state index contributed by atoms with van der Waals surface area (Å²) in [7, 11) is 1.74. The number of carbonyl (C=O) groups excluding carboxylic acids is 1. The van der Waals surface area contributed by atoms with Gasteiger partial charge < -0.3 is 15.4 Å². The lowest BCUT2D eigenvalue weighted by Gasteiger charge is -2.09. The van der Waals surface area contributed by atoms with Gasteiger partial charge in [-0.05, 0) is 30.8 Å². The van der Waals surface area contributed by atoms with Crippen LogP contribution in [0.25, 0.3) is 11.3 Å². The molecule has 0 radical (unpaired) electrons. The second-order valence-electron chi connectivity index (χ2n) is 6.54. The minimum absolute atomic E-state index is 0.0594. The van der Waals surface area contributed by atoms with Crippen LogP contribution in [-0.4, -0.2) is 40.6 Å². The van der Waals surface area contributed by atoms with Gasteiger partial charge in [0.05, 0.1) is 19.3 Å². The number of fused-ring (bicyclic) bond motifs is 1. The molecule has 2 aromatic carbocycles. The summed E-state index contributed by atoms with van der Waals surface area (Å²) in [4.78, 5) is 11.7. The summed E-state index contributed by atoms with van der Waals surface area (Å²) >= 11 is 0. The van der Waals surface area contributed by atoms with Gasteiger partial charge in [0.1, 0.15) is 17.5 Å². The van der Waals surface area contributed by atoms with Crippen LogP contribution in [0.15, 0.2) is 54.7 Å². The molecular weight excluding hydrogens is 342 g/mol. The molecule has 138 valence electrons. The van der Waals surface area contributed by atoms with E-state index in [4.69, 9.17) is 4.74 Å². The molecule has 3 aromatic rings. The molecule has 1 aliphatic rings. The van der Waals surface area contributed by atoms with E-state index < -0.39 is 0 Å². The average Bonchev–Trinajstić information content (AvgIpc) is 3.28. The van der Waals surface area contributed by atoms with E-state index in [0.717, 1.165) is 29.1 Å². The molecule has 0 aliphatic carbocycles. The van der Waals surface area contributed by atoms with Crippen LogP contribution in [-0.2, 0) is 17.8 Å². The van der Waals surface area contributed by atoms with Crippen LogP contribution >= 0.6 is 0 Å². The van der Waals surface area contributed by atoms with Gasteiger partial charge in [-0.15, -0.1) is 5.10 Å². The Morgan fingerprint density at radius 1 is 1.26 bits per heavy atom. The van der Waals surface area contributed by atoms with Gasteiger partial charge >= 0.3 is 0 Å². The number of carbonyl (C=O) groups is 1. The second kappa shape index (κ2) is 7.59. The van der Waals surface area contributed by atoms with E-state index >= 15 is 0 Å². The highest BCUT2D eigenvalue weighted by atomic mass is 16.5. The molecule has 0 bridgehead atoms. The number of aromatic nitrogens is 3. The Kier molecular flexibility index (Phi) is 4.84. The molecule has 1 aromatic heterocycles. The quantitative estimate of drug-likeness (QED) is 0.701. The molecule has 27 heavy (non-hydrogen) atoms. The molecule has 1 atom stereocenters. The first-order valence-electron chi connectivity index (χ1n) is 8.91. The number of benzene rings is 2. The highest BCUT2D eigenvalue weighted by molar-refractivity contribution is 5.92. The zero-order valence-corrected chi connectivity index (χ0v) is 15.1. The number of nitrogens with zero attached hydrogens (tertiary/aromatic N) is 3. The number of likely N-dealkylation sites (N-methyl/N-ethyl adjacent to an activating group) is 1. The maximum atomic E-state index is 11.7. The van der Waals surface area contributed by atoms with Crippen molar-refractivity contribution in [3.8, 4) is 17.0 Å². The highest BCUT2D eigenvalue weighted by Gasteiger charge is 2.23. The zero-order valence-electron chi connectivity index (χ0n) is 15.1. The molecule has 1 amide bonds. The van der Waals surface area contributed by atoms with Crippen molar-refractivity contribution in [1.82, 2.24) is 20.3 Å². The molecule has 4 rings (SSSR count). The largest absolute Gasteiger partial charge is 0.488 e. The van der Waals surface area contributed by atoms with Gasteiger partial charge in [-0.1, -0.05) is 35.5 Å². The van der Waals surface area contributed by atoms with E-state index in [1.165, 1.54) is 5.56 Å². The van der Waals surface area contributed by atoms with Crippen LogP contribution in [0.1, 0.15) is 5.56 Å². The van der Waals surface area contributed by atoms with Gasteiger partial charge in [0.15, 0.2) is 0 Å². The average molecular weight is 363 g/mol. The van der Waals surface area contributed by atoms with Crippen LogP contribution < -0.4 is 15.4 Å². The van der Waals surface area contributed by atoms with E-state index in [1.807, 2.05) is 48.7 Å². The minimum atomic E-state index is -0.0868. The molecule has 1 unspecified atom stereocenters. The van der Waals surface area contributed by atoms with Gasteiger partial charge in [-0.3, -0.25) is 4.79 Å². The third kappa shape index (κ3) is 3.98. The smallest absolute Gasteiger partial charge is 0.238 e. The standard InChI is InChI=1S/C20H21N5O2/c1-21-11-20(26)22-16-7-4-6-14(9-16)18-13-25(24-23-18)12-17-10-15-5-2-3-8-19(15)27-17/h2-9,13,17,21H,10-12H2,1H3,(H,22,26). The van der Waals surface area contributed by atoms with E-state index in [2.05, 4.69) is 27.0 Å². The van der Waals surface area contributed by atoms with E-state index in [9.17, 15) is 4.79 Å². The van der Waals surface area contributed by atoms with Crippen molar-refractivity contribution in [3.05, 3.63) is 60.3 Å². The zero-order chi connectivity index (χ0) is 18.6. The van der Waals surface area contributed by atoms with Crippen molar-refractivity contribution in [2.24, 2.45) is 0 Å². The van der Waals surface area contributed by atoms with Crippen molar-refractivity contribution < 1.29 is 9.53 Å². The predicted octanol–water partition coefficient (Wildman–Crippen LogP) is 2.11. The molecule has 1 aliphatic heterocycles. The number of para-hydroxylation sites is 1. The predicted molar refractivity (Wildman–Crippen MR) is 103 cm³/mol. The first-order valence-corrected chi connectivity index (χ1v) is 8.91. The number of hydrogen-bond donors (Lipinski definition) is 2. The highest BCUT2D eigenvalue weighted by Crippen LogP contribution is 2.29. The molecule has 7 heteroatoms. The Morgan fingerprint density at radius 3 is 3.00 bits per heavy atom. The molecule has 7 nitrogen and oxygen atoms in total. The fraction of sp³-hybridized carbons (Fsp3) is 0.250. The normalized spacial score (nSPS) is 15.2. The summed E-state index contributed by atoms with van der Waals surface area (Å²) in [6, 6.07) is 15.7. The van der Waals surface area contributed by atoms with Crippen LogP contribution in [0.2, 0.25) is 0 Å². The van der Waals surface area contributed by atoms with Crippen LogP contribution in [0.4, 0.5) is 5.69 Å². The Bertz CT molecular complexity index is 928. The number of amides is 1. The third-order valence-corrected chi connectivity index (χ3v) is 4.42. The number of rotatable bonds is 6. The fourth-order valence-electron chi connectivity index (χ4n) is 3.21. The van der Waals surface area contributed by atoms with Gasteiger partial charge in [-0.2, -0.15) is 0 Å². The lowest BCUT2D eigenvalue weighted by atomic mass is 10.1. The molecular formula is C20H21N5O2. The van der Waals surface area contributed by atoms with E-state index in [1.54, 1.807) is 11.7 Å². The number of anilines is 1. The van der Waals surface area contributed by atoms with Crippen LogP contribution in [0, 0.1) is 0 Å². The Morgan fingerprint density at radius 2 is 2.15 bits per heavy atom. The van der Waals surface area contributed by atoms with Crippen molar-refractivity contribution >= 4 is 11.6 Å². The molecule has 0 fully saturated rings. The summed E-state index contributed by atoms with van der Waals surface area (Å²) < 4.78 is 7.77. The third-order valence-electron chi connectivity index (χ3n) is 4.42. The Balaban J connectivity index is 1.43. The lowest BCUT2D eigenvalue weighted by molar-refractivity contribution is -0.115. The second-order valence-corrected chi connectivity index (χ2v) is 6.54. The van der Waals surface area contributed by atoms with Crippen molar-refractivity contribution in [2.45, 2.75) is 19.1 Å². The summed E-state index contributed by atoms with van der Waals surface area (Å²) in [5, 5.41) is 14.2. The Labute approximate surface area is 157 Å². The first kappa shape index (κ1) is 17.2. The van der Waals surface area contributed by atoms with Crippen LogP contribution in [0.5, 0.6) is 5.75 Å². The summed E-state index contributed by atoms with van der Waals surface area (Å²) in [5.41, 5.74) is 3.62. The summed E-state index contributed by atoms with van der Waals surface area (Å²) in [6.07, 6.45) is 2.84. The first-order chi connectivity index (χ1) is 13.2. The van der Waals surface area contributed by atoms with Gasteiger partial charge in [0.2, 0.25) is 5.91 Å². The van der Waals surface area contributed by atoms with Crippen molar-refractivity contribution in [1.29, 1.82) is 0 Å². The Hall–Kier alpha value is -3.19. The summed E-state index contributed by atoms with van der Waals surface area (Å²) in [6.45, 7) is 0.907. The number of hydrogen-bond acceptors (Lipinski definition) is 5. The van der Waals surface area contributed by atoms with Crippen molar-refractivity contribution in [3.63, 3.8) is 0 Å². The summed E-state index contributed by atoms with van der Waals surface area (Å²) in [5.74, 6) is 0.865. The fourth-order valence-corrected chi connectivity index (χ4v) is 3.21. The monoisotopic (exact) mass is 363 g/mol. The molecule has 0 saturated carbocycles. The minimum Gasteiger partial charge on any atom is -0.488 e. The topological polar surface area (TPSA) is 81.1 Å². The van der Waals surface area contributed by atoms with Crippen molar-refractivity contribution in [2.75, 3.05) is 18.9 Å². The maximum Gasteiger partial charge on any atom is 0.238 e. The molecule has 2 N–H and O–H groups in total. The van der Waals surface area contributed by atoms with Gasteiger partial charge in [-0.25, -0.2) is 4.68 Å². The molecule has 2 heterocycles. The molecule has 0 spiro atoms. The number of nitrogens with one attached hydrogen (secondary N) is 2. The SMILES string of the molecule is CNCC(=O)Nc1cccc(-c2cn(CC3Cc4ccccc4O3)nn2)c1. The van der Waals surface area contributed by atoms with Crippen LogP contribution in [0.3, 0.4) is 0 Å².